The third-order valence-corrected chi connectivity index (χ3v) is 3.54. The number of methoxy groups -OCH3 is 2. The molecule has 126 valence electrons. The van der Waals surface area contributed by atoms with Crippen LogP contribution in [0.25, 0.3) is 0 Å². The van der Waals surface area contributed by atoms with E-state index in [0.717, 1.165) is 0 Å². The van der Waals surface area contributed by atoms with E-state index in [1.165, 1.54) is 19.1 Å². The Morgan fingerprint density at radius 1 is 1.13 bits per heavy atom. The maximum absolute atomic E-state index is 12.3. The number of hydrogen-bond donors (Lipinski definition) is 1. The minimum atomic E-state index is -0.682. The number of morpholine rings is 1. The Morgan fingerprint density at radius 3 is 2.30 bits per heavy atom. The monoisotopic (exact) mass is 322 g/mol. The van der Waals surface area contributed by atoms with Crippen molar-refractivity contribution in [2.45, 2.75) is 26.1 Å². The molecule has 1 aromatic carbocycles. The van der Waals surface area contributed by atoms with E-state index < -0.39 is 11.8 Å². The third kappa shape index (κ3) is 4.13. The van der Waals surface area contributed by atoms with E-state index in [4.69, 9.17) is 14.2 Å². The van der Waals surface area contributed by atoms with Crippen molar-refractivity contribution in [2.24, 2.45) is 0 Å². The van der Waals surface area contributed by atoms with Crippen LogP contribution in [0.1, 0.15) is 13.8 Å². The van der Waals surface area contributed by atoms with Crippen molar-refractivity contribution in [2.75, 3.05) is 32.6 Å². The zero-order valence-corrected chi connectivity index (χ0v) is 13.8. The summed E-state index contributed by atoms with van der Waals surface area (Å²) < 4.78 is 15.9. The Bertz CT molecular complexity index is 580. The topological polar surface area (TPSA) is 77.1 Å². The standard InChI is InChI=1S/C16H22N2O5/c1-10-8-18(9-11(2)23-10)16(20)15(19)17-12-5-6-13(21-3)14(7-12)22-4/h5-7,10-11H,8-9H2,1-4H3,(H,17,19). The highest BCUT2D eigenvalue weighted by Gasteiger charge is 2.29. The Labute approximate surface area is 135 Å². The Balaban J connectivity index is 2.05. The van der Waals surface area contributed by atoms with Gasteiger partial charge < -0.3 is 24.4 Å². The lowest BCUT2D eigenvalue weighted by Crippen LogP contribution is -2.51. The zero-order valence-electron chi connectivity index (χ0n) is 13.8. The number of nitrogens with one attached hydrogen (secondary N) is 1. The minimum absolute atomic E-state index is 0.0865. The molecule has 1 heterocycles. The van der Waals surface area contributed by atoms with Crippen molar-refractivity contribution < 1.29 is 23.8 Å². The molecule has 0 spiro atoms. The fourth-order valence-corrected chi connectivity index (χ4v) is 2.59. The van der Waals surface area contributed by atoms with Crippen LogP contribution >= 0.6 is 0 Å². The van der Waals surface area contributed by atoms with Crippen molar-refractivity contribution in [3.05, 3.63) is 18.2 Å². The summed E-state index contributed by atoms with van der Waals surface area (Å²) in [7, 11) is 3.03. The first-order valence-corrected chi connectivity index (χ1v) is 7.42. The molecular weight excluding hydrogens is 300 g/mol. The van der Waals surface area contributed by atoms with Gasteiger partial charge in [-0.25, -0.2) is 0 Å². The first-order valence-electron chi connectivity index (χ1n) is 7.42. The number of ether oxygens (including phenoxy) is 3. The van der Waals surface area contributed by atoms with Crippen molar-refractivity contribution in [3.8, 4) is 11.5 Å². The van der Waals surface area contributed by atoms with E-state index in [2.05, 4.69) is 5.32 Å². The average Bonchev–Trinajstić information content (AvgIpc) is 2.52. The molecule has 0 saturated carbocycles. The molecule has 2 rings (SSSR count). The molecule has 2 unspecified atom stereocenters. The van der Waals surface area contributed by atoms with Crippen LogP contribution in [-0.2, 0) is 14.3 Å². The quantitative estimate of drug-likeness (QED) is 0.848. The molecule has 1 fully saturated rings. The molecule has 1 aromatic rings. The van der Waals surface area contributed by atoms with Crippen molar-refractivity contribution in [1.82, 2.24) is 4.90 Å². The van der Waals surface area contributed by atoms with E-state index in [9.17, 15) is 9.59 Å². The molecule has 2 amide bonds. The van der Waals surface area contributed by atoms with Crippen LogP contribution in [0.5, 0.6) is 11.5 Å². The zero-order chi connectivity index (χ0) is 17.0. The molecule has 0 aliphatic carbocycles. The summed E-state index contributed by atoms with van der Waals surface area (Å²) in [6.45, 7) is 4.56. The van der Waals surface area contributed by atoms with Gasteiger partial charge in [-0.1, -0.05) is 0 Å². The predicted octanol–water partition coefficient (Wildman–Crippen LogP) is 1.28. The lowest BCUT2D eigenvalue weighted by Gasteiger charge is -2.34. The second kappa shape index (κ2) is 7.32. The number of nitrogens with zero attached hydrogens (tertiary/aromatic N) is 1. The number of hydrogen-bond acceptors (Lipinski definition) is 5. The van der Waals surface area contributed by atoms with Crippen molar-refractivity contribution >= 4 is 17.5 Å². The van der Waals surface area contributed by atoms with Gasteiger partial charge in [0.25, 0.3) is 0 Å². The minimum Gasteiger partial charge on any atom is -0.493 e. The van der Waals surface area contributed by atoms with Gasteiger partial charge in [0.15, 0.2) is 11.5 Å². The summed E-state index contributed by atoms with van der Waals surface area (Å²) in [5.41, 5.74) is 0.468. The van der Waals surface area contributed by atoms with Gasteiger partial charge in [-0.05, 0) is 26.0 Å². The smallest absolute Gasteiger partial charge is 0.313 e. The van der Waals surface area contributed by atoms with Gasteiger partial charge in [-0.2, -0.15) is 0 Å². The second-order valence-electron chi connectivity index (χ2n) is 5.49. The van der Waals surface area contributed by atoms with Crippen LogP contribution in [0.2, 0.25) is 0 Å². The Hall–Kier alpha value is -2.28. The maximum atomic E-state index is 12.3. The molecule has 7 heteroatoms. The number of benzene rings is 1. The summed E-state index contributed by atoms with van der Waals surface area (Å²) in [5.74, 6) is -0.223. The summed E-state index contributed by atoms with van der Waals surface area (Å²) in [6.07, 6.45) is -0.173. The average molecular weight is 322 g/mol. The van der Waals surface area contributed by atoms with Crippen LogP contribution in [0.4, 0.5) is 5.69 Å². The molecule has 0 bridgehead atoms. The highest BCUT2D eigenvalue weighted by Crippen LogP contribution is 2.29. The molecule has 1 saturated heterocycles. The fraction of sp³-hybridized carbons (Fsp3) is 0.500. The number of carbonyl (C=O) groups excluding carboxylic acids is 2. The first-order chi connectivity index (χ1) is 10.9. The number of anilines is 1. The number of carbonyl (C=O) groups is 2. The molecule has 2 atom stereocenters. The largest absolute Gasteiger partial charge is 0.493 e. The van der Waals surface area contributed by atoms with E-state index in [0.29, 0.717) is 30.3 Å². The van der Waals surface area contributed by atoms with Gasteiger partial charge in [-0.15, -0.1) is 0 Å². The lowest BCUT2D eigenvalue weighted by molar-refractivity contribution is -0.151. The van der Waals surface area contributed by atoms with Gasteiger partial charge in [-0.3, -0.25) is 9.59 Å². The summed E-state index contributed by atoms with van der Waals surface area (Å²) in [4.78, 5) is 25.9. The predicted molar refractivity (Wildman–Crippen MR) is 84.8 cm³/mol. The molecular formula is C16H22N2O5. The van der Waals surface area contributed by atoms with Crippen LogP contribution < -0.4 is 14.8 Å². The molecule has 1 N–H and O–H groups in total. The molecule has 1 aliphatic heterocycles. The van der Waals surface area contributed by atoms with Gasteiger partial charge in [0.1, 0.15) is 0 Å². The van der Waals surface area contributed by atoms with Crippen LogP contribution in [0.3, 0.4) is 0 Å². The van der Waals surface area contributed by atoms with Gasteiger partial charge in [0.2, 0.25) is 0 Å². The van der Waals surface area contributed by atoms with Crippen LogP contribution in [0.15, 0.2) is 18.2 Å². The first kappa shape index (κ1) is 17.1. The molecule has 0 radical (unpaired) electrons. The van der Waals surface area contributed by atoms with Crippen molar-refractivity contribution in [3.63, 3.8) is 0 Å². The fourth-order valence-electron chi connectivity index (χ4n) is 2.59. The second-order valence-corrected chi connectivity index (χ2v) is 5.49. The van der Waals surface area contributed by atoms with Gasteiger partial charge >= 0.3 is 11.8 Å². The number of amides is 2. The maximum Gasteiger partial charge on any atom is 0.313 e. The normalized spacial score (nSPS) is 20.8. The molecule has 1 aliphatic rings. The Morgan fingerprint density at radius 2 is 1.74 bits per heavy atom. The molecule has 7 nitrogen and oxygen atoms in total. The molecule has 0 aromatic heterocycles. The summed E-state index contributed by atoms with van der Waals surface area (Å²) in [6, 6.07) is 4.92. The van der Waals surface area contributed by atoms with Gasteiger partial charge in [0.05, 0.1) is 26.4 Å². The summed E-state index contributed by atoms with van der Waals surface area (Å²) in [5, 5.41) is 2.59. The van der Waals surface area contributed by atoms with Crippen LogP contribution in [0, 0.1) is 0 Å². The van der Waals surface area contributed by atoms with E-state index in [-0.39, 0.29) is 12.2 Å². The van der Waals surface area contributed by atoms with E-state index >= 15 is 0 Å². The number of rotatable bonds is 3. The van der Waals surface area contributed by atoms with E-state index in [1.807, 2.05) is 13.8 Å². The SMILES string of the molecule is COc1ccc(NC(=O)C(=O)N2CC(C)OC(C)C2)cc1OC. The van der Waals surface area contributed by atoms with Crippen molar-refractivity contribution in [1.29, 1.82) is 0 Å². The highest BCUT2D eigenvalue weighted by atomic mass is 16.5. The van der Waals surface area contributed by atoms with Gasteiger partial charge in [0, 0.05) is 24.8 Å². The lowest BCUT2D eigenvalue weighted by atomic mass is 10.2. The summed E-state index contributed by atoms with van der Waals surface area (Å²) >= 11 is 0. The van der Waals surface area contributed by atoms with E-state index in [1.54, 1.807) is 18.2 Å². The highest BCUT2D eigenvalue weighted by molar-refractivity contribution is 6.39. The Kier molecular flexibility index (Phi) is 5.44. The third-order valence-electron chi connectivity index (χ3n) is 3.54. The van der Waals surface area contributed by atoms with Crippen LogP contribution in [-0.4, -0.2) is 56.2 Å². The molecule has 23 heavy (non-hydrogen) atoms.